The van der Waals surface area contributed by atoms with E-state index >= 15 is 0 Å². The first-order valence-electron chi connectivity index (χ1n) is 8.66. The molecule has 3 aromatic rings. The highest BCUT2D eigenvalue weighted by Gasteiger charge is 2.53. The van der Waals surface area contributed by atoms with Gasteiger partial charge in [0.15, 0.2) is 9.91 Å². The molecule has 0 saturated heterocycles. The monoisotopic (exact) mass is 404 g/mol. The highest BCUT2D eigenvalue weighted by atomic mass is 32.2. The number of fused-ring (bicyclic) bond motifs is 1. The van der Waals surface area contributed by atoms with Crippen molar-refractivity contribution in [1.82, 2.24) is 5.43 Å². The molecule has 8 nitrogen and oxygen atoms in total. The van der Waals surface area contributed by atoms with Crippen molar-refractivity contribution in [3.05, 3.63) is 81.9 Å². The lowest BCUT2D eigenvalue weighted by Crippen LogP contribution is -2.38. The molecule has 0 radical (unpaired) electrons. The summed E-state index contributed by atoms with van der Waals surface area (Å²) in [4.78, 5) is 34.9. The van der Waals surface area contributed by atoms with Gasteiger partial charge in [-0.25, -0.2) is 0 Å². The van der Waals surface area contributed by atoms with Crippen LogP contribution in [0.15, 0.2) is 65.8 Å². The van der Waals surface area contributed by atoms with Gasteiger partial charge in [0.25, 0.3) is 11.6 Å². The van der Waals surface area contributed by atoms with Gasteiger partial charge < -0.3 is 5.32 Å². The summed E-state index contributed by atoms with van der Waals surface area (Å²) >= 11 is 1.06. The van der Waals surface area contributed by atoms with Gasteiger partial charge in [0.2, 0.25) is 5.78 Å². The van der Waals surface area contributed by atoms with E-state index < -0.39 is 15.7 Å². The lowest BCUT2D eigenvalue weighted by Gasteiger charge is -2.21. The van der Waals surface area contributed by atoms with Crippen LogP contribution in [-0.4, -0.2) is 21.7 Å². The van der Waals surface area contributed by atoms with Crippen LogP contribution in [0.4, 0.5) is 11.4 Å². The van der Waals surface area contributed by atoms with Crippen LogP contribution in [0.1, 0.15) is 15.9 Å². The molecule has 2 aliphatic rings. The second-order valence-electron chi connectivity index (χ2n) is 6.61. The van der Waals surface area contributed by atoms with Crippen molar-refractivity contribution in [3.8, 4) is 0 Å². The molecule has 3 aromatic carbocycles. The van der Waals surface area contributed by atoms with Gasteiger partial charge in [0.1, 0.15) is 0 Å². The average Bonchev–Trinajstić information content (AvgIpc) is 3.28. The molecule has 0 saturated carbocycles. The Hall–Kier alpha value is -3.72. The minimum Gasteiger partial charge on any atom is -0.320 e. The second kappa shape index (κ2) is 6.14. The molecular weight excluding hydrogens is 392 g/mol. The summed E-state index contributed by atoms with van der Waals surface area (Å²) in [7, 11) is 0. The molecule has 1 amide bonds. The van der Waals surface area contributed by atoms with Crippen molar-refractivity contribution in [1.29, 1.82) is 0 Å². The number of thioether (sulfide) groups is 1. The standard InChI is InChI=1S/C20H12N4O4S/c25-17-14-5-1-3-11-4-2-6-15(16(11)14)20(17)23-22-19(29-20)18(26)21-12-7-9-13(10-8-12)24(27)28/h1-10,23H,(H,21,26). The minimum absolute atomic E-state index is 0.0707. The van der Waals surface area contributed by atoms with E-state index in [-0.39, 0.29) is 16.5 Å². The largest absolute Gasteiger partial charge is 0.320 e. The molecule has 0 bridgehead atoms. The maximum Gasteiger partial charge on any atom is 0.282 e. The Bertz CT molecular complexity index is 1250. The van der Waals surface area contributed by atoms with Gasteiger partial charge in [-0.15, -0.1) is 0 Å². The van der Waals surface area contributed by atoms with Crippen LogP contribution in [0.2, 0.25) is 0 Å². The van der Waals surface area contributed by atoms with E-state index in [9.17, 15) is 19.7 Å². The van der Waals surface area contributed by atoms with Crippen LogP contribution in [0.3, 0.4) is 0 Å². The smallest absolute Gasteiger partial charge is 0.282 e. The van der Waals surface area contributed by atoms with Gasteiger partial charge in [0, 0.05) is 28.9 Å². The maximum atomic E-state index is 13.2. The number of hydrazone groups is 1. The number of benzene rings is 3. The Morgan fingerprint density at radius 1 is 1.10 bits per heavy atom. The first-order valence-corrected chi connectivity index (χ1v) is 9.48. The summed E-state index contributed by atoms with van der Waals surface area (Å²) in [6.07, 6.45) is 0. The third kappa shape index (κ3) is 2.51. The van der Waals surface area contributed by atoms with E-state index in [4.69, 9.17) is 0 Å². The van der Waals surface area contributed by atoms with Crippen molar-refractivity contribution in [2.45, 2.75) is 4.87 Å². The summed E-state index contributed by atoms with van der Waals surface area (Å²) in [5, 5.41) is 19.5. The minimum atomic E-state index is -1.16. The van der Waals surface area contributed by atoms with E-state index in [2.05, 4.69) is 15.8 Å². The Kier molecular flexibility index (Phi) is 3.68. The normalized spacial score (nSPS) is 19.3. The molecule has 1 unspecified atom stereocenters. The number of carbonyl (C=O) groups excluding carboxylic acids is 2. The molecule has 1 aliphatic carbocycles. The fraction of sp³-hybridized carbons (Fsp3) is 0.0500. The number of anilines is 1. The number of nitro benzene ring substituents is 1. The zero-order chi connectivity index (χ0) is 20.2. The third-order valence-corrected chi connectivity index (χ3v) is 6.22. The molecular formula is C20H12N4O4S. The summed E-state index contributed by atoms with van der Waals surface area (Å²) in [5.41, 5.74) is 4.59. The third-order valence-electron chi connectivity index (χ3n) is 4.94. The number of nitrogens with one attached hydrogen (secondary N) is 2. The molecule has 142 valence electrons. The van der Waals surface area contributed by atoms with Gasteiger partial charge in [-0.2, -0.15) is 5.10 Å². The molecule has 0 fully saturated rings. The number of ketones is 1. The number of Topliss-reactive ketones (excluding diaryl/α,β-unsaturated/α-hetero) is 1. The molecule has 1 aliphatic heterocycles. The van der Waals surface area contributed by atoms with Crippen LogP contribution in [0.5, 0.6) is 0 Å². The quantitative estimate of drug-likeness (QED) is 0.511. The second-order valence-corrected chi connectivity index (χ2v) is 7.81. The number of rotatable bonds is 3. The zero-order valence-corrected chi connectivity index (χ0v) is 15.5. The molecule has 29 heavy (non-hydrogen) atoms. The highest BCUT2D eigenvalue weighted by molar-refractivity contribution is 8.17. The van der Waals surface area contributed by atoms with Crippen molar-refractivity contribution < 1.29 is 14.5 Å². The van der Waals surface area contributed by atoms with Crippen LogP contribution >= 0.6 is 11.8 Å². The fourth-order valence-electron chi connectivity index (χ4n) is 3.62. The molecule has 5 rings (SSSR count). The van der Waals surface area contributed by atoms with Crippen molar-refractivity contribution in [2.75, 3.05) is 5.32 Å². The summed E-state index contributed by atoms with van der Waals surface area (Å²) in [6.45, 7) is 0. The average molecular weight is 404 g/mol. The molecule has 1 spiro atoms. The number of non-ortho nitro benzene ring substituents is 1. The summed E-state index contributed by atoms with van der Waals surface area (Å²) in [6, 6.07) is 16.7. The van der Waals surface area contributed by atoms with Crippen LogP contribution in [-0.2, 0) is 9.67 Å². The Labute approximate surface area is 168 Å². The van der Waals surface area contributed by atoms with Crippen molar-refractivity contribution >= 4 is 50.6 Å². The van der Waals surface area contributed by atoms with E-state index in [1.807, 2.05) is 30.3 Å². The number of nitrogens with zero attached hydrogens (tertiary/aromatic N) is 2. The topological polar surface area (TPSA) is 114 Å². The number of hydrogen-bond donors (Lipinski definition) is 2. The number of nitro groups is 1. The van der Waals surface area contributed by atoms with Gasteiger partial charge in [-0.1, -0.05) is 48.2 Å². The van der Waals surface area contributed by atoms with Gasteiger partial charge in [-0.3, -0.25) is 25.1 Å². The molecule has 1 heterocycles. The van der Waals surface area contributed by atoms with Crippen molar-refractivity contribution in [3.63, 3.8) is 0 Å². The van der Waals surface area contributed by atoms with E-state index in [1.165, 1.54) is 24.3 Å². The number of carbonyl (C=O) groups is 2. The summed E-state index contributed by atoms with van der Waals surface area (Å²) < 4.78 is 0. The van der Waals surface area contributed by atoms with E-state index in [1.54, 1.807) is 6.07 Å². The Morgan fingerprint density at radius 2 is 1.83 bits per heavy atom. The SMILES string of the molecule is O=C(Nc1ccc([N+](=O)[O-])cc1)C1=NNC2(S1)C(=O)c1cccc3cccc2c13. The predicted molar refractivity (Wildman–Crippen MR) is 110 cm³/mol. The zero-order valence-electron chi connectivity index (χ0n) is 14.7. The first-order chi connectivity index (χ1) is 14.0. The number of hydrogen-bond acceptors (Lipinski definition) is 7. The Balaban J connectivity index is 1.41. The van der Waals surface area contributed by atoms with Crippen molar-refractivity contribution in [2.24, 2.45) is 5.10 Å². The fourth-order valence-corrected chi connectivity index (χ4v) is 4.72. The molecule has 2 N–H and O–H groups in total. The van der Waals surface area contributed by atoms with Crippen LogP contribution < -0.4 is 10.7 Å². The number of amides is 1. The maximum absolute atomic E-state index is 13.2. The van der Waals surface area contributed by atoms with E-state index in [0.29, 0.717) is 11.3 Å². The molecule has 0 aromatic heterocycles. The molecule has 1 atom stereocenters. The van der Waals surface area contributed by atoms with Crippen LogP contribution in [0.25, 0.3) is 10.8 Å². The lowest BCUT2D eigenvalue weighted by atomic mass is 10.0. The van der Waals surface area contributed by atoms with Crippen LogP contribution in [0, 0.1) is 10.1 Å². The lowest BCUT2D eigenvalue weighted by molar-refractivity contribution is -0.384. The Morgan fingerprint density at radius 3 is 2.55 bits per heavy atom. The van der Waals surface area contributed by atoms with E-state index in [0.717, 1.165) is 28.1 Å². The van der Waals surface area contributed by atoms with Gasteiger partial charge in [-0.05, 0) is 22.9 Å². The molecule has 9 heteroatoms. The first kappa shape index (κ1) is 17.4. The summed E-state index contributed by atoms with van der Waals surface area (Å²) in [5.74, 6) is -0.639. The predicted octanol–water partition coefficient (Wildman–Crippen LogP) is 3.39. The van der Waals surface area contributed by atoms with Gasteiger partial charge in [0.05, 0.1) is 4.92 Å². The van der Waals surface area contributed by atoms with Gasteiger partial charge >= 0.3 is 0 Å². The highest BCUT2D eigenvalue weighted by Crippen LogP contribution is 2.50.